The first-order chi connectivity index (χ1) is 9.47. The molecule has 1 aromatic carbocycles. The molecule has 6 heteroatoms. The number of morpholine rings is 1. The minimum Gasteiger partial charge on any atom is -0.398 e. The molecule has 0 spiro atoms. The summed E-state index contributed by atoms with van der Waals surface area (Å²) in [6.45, 7) is 4.84. The van der Waals surface area contributed by atoms with Crippen LogP contribution in [0.15, 0.2) is 16.6 Å². The van der Waals surface area contributed by atoms with Crippen molar-refractivity contribution in [1.29, 1.82) is 0 Å². The number of halogens is 1. The van der Waals surface area contributed by atoms with Gasteiger partial charge < -0.3 is 20.7 Å². The molecule has 0 aromatic heterocycles. The van der Waals surface area contributed by atoms with E-state index in [9.17, 15) is 4.79 Å². The number of rotatable bonds is 3. The summed E-state index contributed by atoms with van der Waals surface area (Å²) < 4.78 is 6.43. The Labute approximate surface area is 127 Å². The van der Waals surface area contributed by atoms with E-state index >= 15 is 0 Å². The Morgan fingerprint density at radius 2 is 2.35 bits per heavy atom. The van der Waals surface area contributed by atoms with Crippen LogP contribution in [0, 0.1) is 6.92 Å². The lowest BCUT2D eigenvalue weighted by atomic mass is 10.1. The van der Waals surface area contributed by atoms with Crippen molar-refractivity contribution in [3.8, 4) is 0 Å². The van der Waals surface area contributed by atoms with Gasteiger partial charge in [-0.15, -0.1) is 0 Å². The van der Waals surface area contributed by atoms with Gasteiger partial charge in [0.15, 0.2) is 0 Å². The Kier molecular flexibility index (Phi) is 5.01. The number of likely N-dealkylation sites (N-methyl/N-ethyl adjacent to an activating group) is 1. The SMILES string of the molecule is Cc1c(N)cc(Br)cc1C(=O)NCC1CN(C)CCO1. The van der Waals surface area contributed by atoms with Crippen molar-refractivity contribution in [3.63, 3.8) is 0 Å². The molecule has 110 valence electrons. The Morgan fingerprint density at radius 1 is 1.60 bits per heavy atom. The molecular formula is C14H20BrN3O2. The van der Waals surface area contributed by atoms with Gasteiger partial charge in [0.25, 0.3) is 5.91 Å². The summed E-state index contributed by atoms with van der Waals surface area (Å²) in [6.07, 6.45) is 0.0440. The predicted octanol–water partition coefficient (Wildman–Crippen LogP) is 1.40. The summed E-state index contributed by atoms with van der Waals surface area (Å²) in [4.78, 5) is 14.4. The van der Waals surface area contributed by atoms with E-state index < -0.39 is 0 Å². The van der Waals surface area contributed by atoms with E-state index in [0.29, 0.717) is 24.4 Å². The number of nitrogens with one attached hydrogen (secondary N) is 1. The Hall–Kier alpha value is -1.11. The van der Waals surface area contributed by atoms with Crippen LogP contribution in [0.1, 0.15) is 15.9 Å². The fraction of sp³-hybridized carbons (Fsp3) is 0.500. The highest BCUT2D eigenvalue weighted by atomic mass is 79.9. The van der Waals surface area contributed by atoms with E-state index in [0.717, 1.165) is 23.1 Å². The number of amides is 1. The smallest absolute Gasteiger partial charge is 0.251 e. The zero-order valence-corrected chi connectivity index (χ0v) is 13.4. The molecule has 1 unspecified atom stereocenters. The van der Waals surface area contributed by atoms with Crippen LogP contribution >= 0.6 is 15.9 Å². The third-order valence-corrected chi connectivity index (χ3v) is 3.95. The van der Waals surface area contributed by atoms with Crippen LogP contribution < -0.4 is 11.1 Å². The fourth-order valence-corrected chi connectivity index (χ4v) is 2.70. The highest BCUT2D eigenvalue weighted by Crippen LogP contribution is 2.22. The highest BCUT2D eigenvalue weighted by Gasteiger charge is 2.19. The zero-order valence-electron chi connectivity index (χ0n) is 11.8. The lowest BCUT2D eigenvalue weighted by Crippen LogP contribution is -2.46. The lowest BCUT2D eigenvalue weighted by Gasteiger charge is -2.30. The molecule has 1 fully saturated rings. The zero-order chi connectivity index (χ0) is 14.7. The van der Waals surface area contributed by atoms with Gasteiger partial charge in [0.1, 0.15) is 0 Å². The molecule has 1 amide bonds. The number of hydrogen-bond acceptors (Lipinski definition) is 4. The monoisotopic (exact) mass is 341 g/mol. The van der Waals surface area contributed by atoms with Gasteiger partial charge >= 0.3 is 0 Å². The molecule has 1 heterocycles. The topological polar surface area (TPSA) is 67.6 Å². The first-order valence-corrected chi connectivity index (χ1v) is 7.40. The average Bonchev–Trinajstić information content (AvgIpc) is 2.40. The summed E-state index contributed by atoms with van der Waals surface area (Å²) in [5.74, 6) is -0.118. The number of carbonyl (C=O) groups is 1. The summed E-state index contributed by atoms with van der Waals surface area (Å²) in [6, 6.07) is 3.58. The van der Waals surface area contributed by atoms with Crippen LogP contribution in [0.2, 0.25) is 0 Å². The van der Waals surface area contributed by atoms with Crippen molar-refractivity contribution in [2.45, 2.75) is 13.0 Å². The van der Waals surface area contributed by atoms with Gasteiger partial charge in [0, 0.05) is 35.4 Å². The third kappa shape index (κ3) is 3.71. The number of benzene rings is 1. The number of nitrogens with two attached hydrogens (primary N) is 1. The van der Waals surface area contributed by atoms with Crippen molar-refractivity contribution in [3.05, 3.63) is 27.7 Å². The second kappa shape index (κ2) is 6.56. The summed E-state index contributed by atoms with van der Waals surface area (Å²) >= 11 is 3.36. The number of anilines is 1. The van der Waals surface area contributed by atoms with E-state index in [2.05, 4.69) is 33.2 Å². The molecule has 1 saturated heterocycles. The third-order valence-electron chi connectivity index (χ3n) is 3.49. The number of nitrogen functional groups attached to an aromatic ring is 1. The summed E-state index contributed by atoms with van der Waals surface area (Å²) in [5.41, 5.74) is 7.88. The van der Waals surface area contributed by atoms with Gasteiger partial charge in [-0.2, -0.15) is 0 Å². The van der Waals surface area contributed by atoms with Gasteiger partial charge in [-0.05, 0) is 31.7 Å². The molecule has 20 heavy (non-hydrogen) atoms. The van der Waals surface area contributed by atoms with Crippen molar-refractivity contribution in [2.75, 3.05) is 39.0 Å². The summed E-state index contributed by atoms with van der Waals surface area (Å²) in [5, 5.41) is 2.92. The van der Waals surface area contributed by atoms with Crippen LogP contribution in [-0.2, 0) is 4.74 Å². The lowest BCUT2D eigenvalue weighted by molar-refractivity contribution is -0.0175. The van der Waals surface area contributed by atoms with Crippen molar-refractivity contribution >= 4 is 27.5 Å². The summed E-state index contributed by atoms with van der Waals surface area (Å²) in [7, 11) is 2.05. The van der Waals surface area contributed by atoms with Crippen LogP contribution in [0.5, 0.6) is 0 Å². The predicted molar refractivity (Wildman–Crippen MR) is 82.9 cm³/mol. The van der Waals surface area contributed by atoms with E-state index in [1.165, 1.54) is 0 Å². The van der Waals surface area contributed by atoms with Gasteiger partial charge in [-0.25, -0.2) is 0 Å². The average molecular weight is 342 g/mol. The maximum atomic E-state index is 12.2. The maximum absolute atomic E-state index is 12.2. The Morgan fingerprint density at radius 3 is 3.05 bits per heavy atom. The van der Waals surface area contributed by atoms with Crippen molar-refractivity contribution in [1.82, 2.24) is 10.2 Å². The quantitative estimate of drug-likeness (QED) is 0.815. The van der Waals surface area contributed by atoms with Crippen molar-refractivity contribution in [2.24, 2.45) is 0 Å². The second-order valence-electron chi connectivity index (χ2n) is 5.13. The van der Waals surface area contributed by atoms with E-state index in [1.807, 2.05) is 6.92 Å². The molecule has 1 aliphatic rings. The first kappa shape index (κ1) is 15.3. The molecular weight excluding hydrogens is 322 g/mol. The van der Waals surface area contributed by atoms with E-state index in [4.69, 9.17) is 10.5 Å². The molecule has 1 atom stereocenters. The van der Waals surface area contributed by atoms with E-state index in [1.54, 1.807) is 12.1 Å². The molecule has 0 aliphatic carbocycles. The molecule has 3 N–H and O–H groups in total. The first-order valence-electron chi connectivity index (χ1n) is 6.61. The number of hydrogen-bond donors (Lipinski definition) is 2. The van der Waals surface area contributed by atoms with Gasteiger partial charge in [-0.1, -0.05) is 15.9 Å². The molecule has 0 radical (unpaired) electrons. The standard InChI is InChI=1S/C14H20BrN3O2/c1-9-12(5-10(15)6-13(9)16)14(19)17-7-11-8-18(2)3-4-20-11/h5-6,11H,3-4,7-8,16H2,1-2H3,(H,17,19). The van der Waals surface area contributed by atoms with Crippen molar-refractivity contribution < 1.29 is 9.53 Å². The molecule has 0 saturated carbocycles. The van der Waals surface area contributed by atoms with E-state index in [-0.39, 0.29) is 12.0 Å². The normalized spacial score (nSPS) is 19.9. The molecule has 1 aliphatic heterocycles. The molecule has 1 aromatic rings. The van der Waals surface area contributed by atoms with Crippen LogP contribution in [0.25, 0.3) is 0 Å². The number of ether oxygens (including phenoxy) is 1. The van der Waals surface area contributed by atoms with Crippen LogP contribution in [0.4, 0.5) is 5.69 Å². The largest absolute Gasteiger partial charge is 0.398 e. The minimum absolute atomic E-state index is 0.0440. The van der Waals surface area contributed by atoms with Gasteiger partial charge in [0.2, 0.25) is 0 Å². The molecule has 2 rings (SSSR count). The van der Waals surface area contributed by atoms with Gasteiger partial charge in [0.05, 0.1) is 12.7 Å². The van der Waals surface area contributed by atoms with Crippen LogP contribution in [0.3, 0.4) is 0 Å². The Bertz CT molecular complexity index is 507. The molecule has 0 bridgehead atoms. The van der Waals surface area contributed by atoms with Crippen LogP contribution in [-0.4, -0.2) is 50.2 Å². The highest BCUT2D eigenvalue weighted by molar-refractivity contribution is 9.10. The molecule has 5 nitrogen and oxygen atoms in total. The minimum atomic E-state index is -0.118. The Balaban J connectivity index is 1.98. The maximum Gasteiger partial charge on any atom is 0.251 e. The number of carbonyl (C=O) groups excluding carboxylic acids is 1. The van der Waals surface area contributed by atoms with Gasteiger partial charge in [-0.3, -0.25) is 4.79 Å². The second-order valence-corrected chi connectivity index (χ2v) is 6.05. The fourth-order valence-electron chi connectivity index (χ4n) is 2.23. The number of nitrogens with zero attached hydrogens (tertiary/aromatic N) is 1.